The summed E-state index contributed by atoms with van der Waals surface area (Å²) in [7, 11) is 0. The maximum Gasteiger partial charge on any atom is 0.347 e. The first-order valence-electron chi connectivity index (χ1n) is 1.89. The van der Waals surface area contributed by atoms with Gasteiger partial charge in [-0.1, -0.05) is 0 Å². The smallest absolute Gasteiger partial charge is 0.347 e. The zero-order valence-electron chi connectivity index (χ0n) is 4.07. The number of thiol groups is 1. The van der Waals surface area contributed by atoms with Crippen molar-refractivity contribution in [3.63, 3.8) is 0 Å². The van der Waals surface area contributed by atoms with Gasteiger partial charge in [-0.2, -0.15) is 12.6 Å². The molecule has 0 rings (SSSR count). The van der Waals surface area contributed by atoms with Crippen molar-refractivity contribution < 1.29 is 14.6 Å². The average molecular weight is 137 g/mol. The Kier molecular flexibility index (Phi) is 3.59. The summed E-state index contributed by atoms with van der Waals surface area (Å²) in [5.74, 6) is -1.16. The quantitative estimate of drug-likeness (QED) is 0.354. The van der Waals surface area contributed by atoms with E-state index >= 15 is 0 Å². The average Bonchev–Trinajstić information content (AvgIpc) is 1.67. The monoisotopic (exact) mass is 137 g/mol. The second-order valence-electron chi connectivity index (χ2n) is 1.05. The van der Waals surface area contributed by atoms with Crippen LogP contribution in [0.2, 0.25) is 0 Å². The predicted octanol–water partition coefficient (Wildman–Crippen LogP) is -0.740. The highest BCUT2D eigenvalue weighted by Crippen LogP contribution is 1.83. The second-order valence-corrected chi connectivity index (χ2v) is 1.31. The van der Waals surface area contributed by atoms with Gasteiger partial charge in [-0.05, 0) is 0 Å². The van der Waals surface area contributed by atoms with Crippen LogP contribution in [0.5, 0.6) is 0 Å². The molecule has 0 saturated carbocycles. The topological polar surface area (TPSA) is 72.5 Å². The lowest BCUT2D eigenvalue weighted by Gasteiger charge is -2.02. The summed E-state index contributed by atoms with van der Waals surface area (Å²) < 4.78 is 4.35. The molecule has 1 atom stereocenters. The molecule has 0 amide bonds. The molecule has 0 aliphatic heterocycles. The van der Waals surface area contributed by atoms with Crippen LogP contribution in [0.1, 0.15) is 0 Å². The van der Waals surface area contributed by atoms with E-state index in [0.29, 0.717) is 0 Å². The zero-order valence-corrected chi connectivity index (χ0v) is 4.97. The first kappa shape index (κ1) is 7.74. The molecule has 0 radical (unpaired) electrons. The summed E-state index contributed by atoms with van der Waals surface area (Å²) in [6, 6.07) is 0. The Hall–Kier alpha value is -0.260. The molecule has 0 aromatic rings. The Morgan fingerprint density at radius 2 is 2.50 bits per heavy atom. The Morgan fingerprint density at radius 3 is 2.62 bits per heavy atom. The van der Waals surface area contributed by atoms with Crippen LogP contribution in [-0.2, 0) is 9.53 Å². The van der Waals surface area contributed by atoms with E-state index < -0.39 is 12.2 Å². The van der Waals surface area contributed by atoms with Crippen molar-refractivity contribution in [2.45, 2.75) is 6.23 Å². The number of carboxylic acid groups (broad SMARTS) is 1. The number of carboxylic acids is 1. The van der Waals surface area contributed by atoms with E-state index in [4.69, 9.17) is 10.8 Å². The van der Waals surface area contributed by atoms with Crippen LogP contribution >= 0.6 is 12.6 Å². The first-order valence-corrected chi connectivity index (χ1v) is 2.52. The van der Waals surface area contributed by atoms with Crippen molar-refractivity contribution in [3.05, 3.63) is 0 Å². The molecule has 0 unspecified atom stereocenters. The summed E-state index contributed by atoms with van der Waals surface area (Å²) in [4.78, 5) is 9.81. The Balaban J connectivity index is 3.32. The van der Waals surface area contributed by atoms with Gasteiger partial charge in [0.15, 0.2) is 0 Å². The minimum Gasteiger partial charge on any atom is -0.478 e. The van der Waals surface area contributed by atoms with E-state index in [0.717, 1.165) is 0 Å². The Morgan fingerprint density at radius 1 is 2.00 bits per heavy atom. The highest BCUT2D eigenvalue weighted by Gasteiger charge is 2.08. The summed E-state index contributed by atoms with van der Waals surface area (Å²) in [6.07, 6.45) is -1.24. The standard InChI is InChI=1S/C3H7NO3S/c4-2(3(5)6)7-1-8/h2,8H,1,4H2,(H,5,6)/t2-/m0/s1. The molecule has 4 nitrogen and oxygen atoms in total. The van der Waals surface area contributed by atoms with Gasteiger partial charge >= 0.3 is 5.97 Å². The molecule has 0 heterocycles. The molecular formula is C3H7NO3S. The van der Waals surface area contributed by atoms with Crippen molar-refractivity contribution in [2.75, 3.05) is 5.94 Å². The lowest BCUT2D eigenvalue weighted by Crippen LogP contribution is -2.32. The van der Waals surface area contributed by atoms with Gasteiger partial charge in [-0.25, -0.2) is 4.79 Å². The van der Waals surface area contributed by atoms with Crippen molar-refractivity contribution in [3.8, 4) is 0 Å². The van der Waals surface area contributed by atoms with Gasteiger partial charge in [0.1, 0.15) is 0 Å². The minimum absolute atomic E-state index is 0.0213. The van der Waals surface area contributed by atoms with Crippen molar-refractivity contribution in [1.29, 1.82) is 0 Å². The molecule has 0 fully saturated rings. The summed E-state index contributed by atoms with van der Waals surface area (Å²) in [5.41, 5.74) is 4.86. The molecule has 0 spiro atoms. The third kappa shape index (κ3) is 2.84. The molecule has 0 bridgehead atoms. The molecule has 8 heavy (non-hydrogen) atoms. The molecule has 0 aromatic heterocycles. The fourth-order valence-electron chi connectivity index (χ4n) is 0.152. The van der Waals surface area contributed by atoms with E-state index in [1.807, 2.05) is 0 Å². The van der Waals surface area contributed by atoms with Gasteiger partial charge in [0.25, 0.3) is 0 Å². The number of aliphatic carboxylic acids is 1. The molecule has 0 aliphatic rings. The fraction of sp³-hybridized carbons (Fsp3) is 0.667. The first-order chi connectivity index (χ1) is 3.68. The van der Waals surface area contributed by atoms with E-state index in [9.17, 15) is 4.79 Å². The summed E-state index contributed by atoms with van der Waals surface area (Å²) >= 11 is 3.59. The minimum atomic E-state index is -1.24. The highest BCUT2D eigenvalue weighted by molar-refractivity contribution is 7.80. The Labute approximate surface area is 52.0 Å². The van der Waals surface area contributed by atoms with Gasteiger partial charge in [0.2, 0.25) is 6.23 Å². The third-order valence-electron chi connectivity index (χ3n) is 0.497. The van der Waals surface area contributed by atoms with E-state index in [-0.39, 0.29) is 5.94 Å². The third-order valence-corrected chi connectivity index (χ3v) is 0.647. The van der Waals surface area contributed by atoms with E-state index in [2.05, 4.69) is 17.4 Å². The maximum atomic E-state index is 9.81. The van der Waals surface area contributed by atoms with E-state index in [1.54, 1.807) is 0 Å². The zero-order chi connectivity index (χ0) is 6.57. The van der Waals surface area contributed by atoms with Gasteiger partial charge in [0.05, 0.1) is 5.94 Å². The van der Waals surface area contributed by atoms with Crippen LogP contribution in [0.4, 0.5) is 0 Å². The molecule has 0 aromatic carbocycles. The SMILES string of the molecule is N[C@@H](OCS)C(=O)O. The number of ether oxygens (including phenoxy) is 1. The number of hydrogen-bond acceptors (Lipinski definition) is 4. The molecule has 5 heteroatoms. The van der Waals surface area contributed by atoms with Crippen LogP contribution in [-0.4, -0.2) is 23.2 Å². The van der Waals surface area contributed by atoms with Gasteiger partial charge in [-0.15, -0.1) is 0 Å². The van der Waals surface area contributed by atoms with Gasteiger partial charge in [0, 0.05) is 0 Å². The summed E-state index contributed by atoms with van der Waals surface area (Å²) in [6.45, 7) is 0. The molecule has 48 valence electrons. The molecular weight excluding hydrogens is 130 g/mol. The molecule has 0 saturated heterocycles. The van der Waals surface area contributed by atoms with Gasteiger partial charge in [-0.3, -0.25) is 5.73 Å². The van der Waals surface area contributed by atoms with Crippen molar-refractivity contribution in [2.24, 2.45) is 5.73 Å². The Bertz CT molecular complexity index is 86.6. The van der Waals surface area contributed by atoms with Crippen LogP contribution < -0.4 is 5.73 Å². The normalized spacial score (nSPS) is 13.2. The molecule has 0 aliphatic carbocycles. The fourth-order valence-corrected chi connectivity index (χ4v) is 0.312. The summed E-state index contributed by atoms with van der Waals surface area (Å²) in [5, 5.41) is 8.03. The van der Waals surface area contributed by atoms with Crippen LogP contribution in [0, 0.1) is 0 Å². The van der Waals surface area contributed by atoms with Crippen LogP contribution in [0.3, 0.4) is 0 Å². The largest absolute Gasteiger partial charge is 0.478 e. The molecule has 3 N–H and O–H groups in total. The maximum absolute atomic E-state index is 9.81. The lowest BCUT2D eigenvalue weighted by molar-refractivity contribution is -0.148. The van der Waals surface area contributed by atoms with Crippen molar-refractivity contribution in [1.82, 2.24) is 0 Å². The van der Waals surface area contributed by atoms with Crippen molar-refractivity contribution >= 4 is 18.6 Å². The highest BCUT2D eigenvalue weighted by atomic mass is 32.1. The van der Waals surface area contributed by atoms with E-state index in [1.165, 1.54) is 0 Å². The van der Waals surface area contributed by atoms with Crippen LogP contribution in [0.25, 0.3) is 0 Å². The number of nitrogens with two attached hydrogens (primary N) is 1. The number of hydrogen-bond donors (Lipinski definition) is 3. The second kappa shape index (κ2) is 3.71. The number of rotatable bonds is 3. The predicted molar refractivity (Wildman–Crippen MR) is 30.5 cm³/mol. The lowest BCUT2D eigenvalue weighted by atomic mass is 10.6. The number of carbonyl (C=O) groups is 1. The van der Waals surface area contributed by atoms with Crippen LogP contribution in [0.15, 0.2) is 0 Å². The van der Waals surface area contributed by atoms with Gasteiger partial charge < -0.3 is 9.84 Å².